The first-order chi connectivity index (χ1) is 9.06. The standard InChI is InChI=1S/C12H17N3O3S/c1-7(16)14-12-15-9(6-19-12)11(18)13-5-8-3-2-4-10(8)17/h6,8,10,17H,2-5H2,1H3,(H,13,18)(H,14,15,16). The highest BCUT2D eigenvalue weighted by Gasteiger charge is 2.25. The normalized spacial score (nSPS) is 22.2. The van der Waals surface area contributed by atoms with Gasteiger partial charge in [-0.25, -0.2) is 4.98 Å². The summed E-state index contributed by atoms with van der Waals surface area (Å²) < 4.78 is 0. The van der Waals surface area contributed by atoms with Gasteiger partial charge in [0.2, 0.25) is 5.91 Å². The van der Waals surface area contributed by atoms with Crippen molar-refractivity contribution in [2.45, 2.75) is 32.3 Å². The number of carbonyl (C=O) groups excluding carboxylic acids is 2. The third kappa shape index (κ3) is 3.74. The summed E-state index contributed by atoms with van der Waals surface area (Å²) in [5, 5.41) is 17.0. The smallest absolute Gasteiger partial charge is 0.270 e. The van der Waals surface area contributed by atoms with E-state index in [1.54, 1.807) is 5.38 Å². The predicted molar refractivity (Wildman–Crippen MR) is 72.1 cm³/mol. The maximum atomic E-state index is 11.8. The summed E-state index contributed by atoms with van der Waals surface area (Å²) >= 11 is 1.21. The van der Waals surface area contributed by atoms with E-state index in [1.807, 2.05) is 0 Å². The minimum atomic E-state index is -0.314. The van der Waals surface area contributed by atoms with Crippen molar-refractivity contribution in [3.05, 3.63) is 11.1 Å². The zero-order valence-corrected chi connectivity index (χ0v) is 11.5. The summed E-state index contributed by atoms with van der Waals surface area (Å²) in [6.07, 6.45) is 2.44. The Morgan fingerprint density at radius 1 is 1.53 bits per heavy atom. The summed E-state index contributed by atoms with van der Waals surface area (Å²) in [5.74, 6) is -0.347. The Kier molecular flexibility index (Phi) is 4.49. The first-order valence-electron chi connectivity index (χ1n) is 6.25. The van der Waals surface area contributed by atoms with Gasteiger partial charge in [-0.05, 0) is 12.8 Å². The van der Waals surface area contributed by atoms with Gasteiger partial charge in [-0.2, -0.15) is 0 Å². The van der Waals surface area contributed by atoms with Gasteiger partial charge in [-0.15, -0.1) is 11.3 Å². The fraction of sp³-hybridized carbons (Fsp3) is 0.583. The lowest BCUT2D eigenvalue weighted by Crippen LogP contribution is -2.32. The molecule has 1 aliphatic rings. The molecule has 7 heteroatoms. The van der Waals surface area contributed by atoms with Crippen LogP contribution in [-0.2, 0) is 4.79 Å². The second kappa shape index (κ2) is 6.12. The molecule has 0 aliphatic heterocycles. The predicted octanol–water partition coefficient (Wildman–Crippen LogP) is 0.992. The lowest BCUT2D eigenvalue weighted by molar-refractivity contribution is -0.114. The number of rotatable bonds is 4. The number of anilines is 1. The number of aliphatic hydroxyl groups excluding tert-OH is 1. The van der Waals surface area contributed by atoms with Gasteiger partial charge in [0.25, 0.3) is 5.91 Å². The third-order valence-electron chi connectivity index (χ3n) is 3.16. The van der Waals surface area contributed by atoms with E-state index < -0.39 is 0 Å². The Labute approximate surface area is 115 Å². The maximum absolute atomic E-state index is 11.8. The first kappa shape index (κ1) is 14.0. The number of hydrogen-bond donors (Lipinski definition) is 3. The Hall–Kier alpha value is -1.47. The number of amides is 2. The van der Waals surface area contributed by atoms with Crippen LogP contribution in [0.15, 0.2) is 5.38 Å². The van der Waals surface area contributed by atoms with Crippen LogP contribution >= 0.6 is 11.3 Å². The molecule has 2 atom stereocenters. The molecule has 1 aromatic rings. The van der Waals surface area contributed by atoms with Gasteiger partial charge in [0.05, 0.1) is 6.10 Å². The molecule has 1 aromatic heterocycles. The SMILES string of the molecule is CC(=O)Nc1nc(C(=O)NCC2CCCC2O)cs1. The number of aliphatic hydroxyl groups is 1. The molecular weight excluding hydrogens is 266 g/mol. The molecule has 2 rings (SSSR count). The van der Waals surface area contributed by atoms with Gasteiger partial charge >= 0.3 is 0 Å². The van der Waals surface area contributed by atoms with E-state index >= 15 is 0 Å². The monoisotopic (exact) mass is 283 g/mol. The summed E-state index contributed by atoms with van der Waals surface area (Å²) in [7, 11) is 0. The van der Waals surface area contributed by atoms with E-state index in [1.165, 1.54) is 18.3 Å². The van der Waals surface area contributed by atoms with Crippen LogP contribution in [0.25, 0.3) is 0 Å². The van der Waals surface area contributed by atoms with Crippen LogP contribution in [0.5, 0.6) is 0 Å². The molecule has 0 saturated heterocycles. The molecule has 3 N–H and O–H groups in total. The van der Waals surface area contributed by atoms with Crippen LogP contribution < -0.4 is 10.6 Å². The number of hydrogen-bond acceptors (Lipinski definition) is 5. The van der Waals surface area contributed by atoms with Crippen LogP contribution in [0, 0.1) is 5.92 Å². The minimum Gasteiger partial charge on any atom is -0.393 e. The van der Waals surface area contributed by atoms with Crippen LogP contribution in [-0.4, -0.2) is 34.6 Å². The second-order valence-electron chi connectivity index (χ2n) is 4.69. The molecule has 0 aromatic carbocycles. The van der Waals surface area contributed by atoms with Gasteiger partial charge in [0, 0.05) is 24.8 Å². The summed E-state index contributed by atoms with van der Waals surface area (Å²) in [4.78, 5) is 26.7. The van der Waals surface area contributed by atoms with Crippen LogP contribution in [0.3, 0.4) is 0 Å². The molecule has 0 spiro atoms. The highest BCUT2D eigenvalue weighted by atomic mass is 32.1. The second-order valence-corrected chi connectivity index (χ2v) is 5.55. The molecule has 2 amide bonds. The van der Waals surface area contributed by atoms with E-state index in [4.69, 9.17) is 0 Å². The Balaban J connectivity index is 1.85. The number of thiazole rings is 1. The van der Waals surface area contributed by atoms with Gasteiger partial charge in [0.1, 0.15) is 5.69 Å². The van der Waals surface area contributed by atoms with Crippen molar-refractivity contribution in [2.24, 2.45) is 5.92 Å². The lowest BCUT2D eigenvalue weighted by Gasteiger charge is -2.14. The zero-order valence-electron chi connectivity index (χ0n) is 10.7. The van der Waals surface area contributed by atoms with E-state index in [-0.39, 0.29) is 23.8 Å². The van der Waals surface area contributed by atoms with Gasteiger partial charge in [0.15, 0.2) is 5.13 Å². The highest BCUT2D eigenvalue weighted by molar-refractivity contribution is 7.14. The fourth-order valence-corrected chi connectivity index (χ4v) is 2.89. The van der Waals surface area contributed by atoms with Crippen molar-refractivity contribution < 1.29 is 14.7 Å². The van der Waals surface area contributed by atoms with Crippen LogP contribution in [0.2, 0.25) is 0 Å². The number of carbonyl (C=O) groups is 2. The molecule has 2 unspecified atom stereocenters. The van der Waals surface area contributed by atoms with E-state index in [0.717, 1.165) is 19.3 Å². The van der Waals surface area contributed by atoms with E-state index in [0.29, 0.717) is 17.4 Å². The highest BCUT2D eigenvalue weighted by Crippen LogP contribution is 2.24. The van der Waals surface area contributed by atoms with Crippen molar-refractivity contribution in [1.29, 1.82) is 0 Å². The van der Waals surface area contributed by atoms with Crippen molar-refractivity contribution in [2.75, 3.05) is 11.9 Å². The molecule has 0 bridgehead atoms. The number of aromatic nitrogens is 1. The number of nitrogens with zero attached hydrogens (tertiary/aromatic N) is 1. The molecule has 1 aliphatic carbocycles. The van der Waals surface area contributed by atoms with Crippen LogP contribution in [0.1, 0.15) is 36.7 Å². The number of nitrogens with one attached hydrogen (secondary N) is 2. The van der Waals surface area contributed by atoms with Crippen molar-refractivity contribution in [1.82, 2.24) is 10.3 Å². The van der Waals surface area contributed by atoms with Crippen molar-refractivity contribution in [3.63, 3.8) is 0 Å². The fourth-order valence-electron chi connectivity index (χ4n) is 2.16. The molecule has 19 heavy (non-hydrogen) atoms. The molecule has 1 saturated carbocycles. The lowest BCUT2D eigenvalue weighted by atomic mass is 10.1. The van der Waals surface area contributed by atoms with E-state index in [9.17, 15) is 14.7 Å². The quantitative estimate of drug-likeness (QED) is 0.768. The van der Waals surface area contributed by atoms with Crippen molar-refractivity contribution in [3.8, 4) is 0 Å². The first-order valence-corrected chi connectivity index (χ1v) is 7.13. The largest absolute Gasteiger partial charge is 0.393 e. The van der Waals surface area contributed by atoms with Gasteiger partial charge < -0.3 is 15.7 Å². The molecule has 1 fully saturated rings. The molecule has 0 radical (unpaired) electrons. The third-order valence-corrected chi connectivity index (χ3v) is 3.92. The molecular formula is C12H17N3O3S. The molecule has 6 nitrogen and oxygen atoms in total. The van der Waals surface area contributed by atoms with Crippen molar-refractivity contribution >= 4 is 28.3 Å². The Bertz CT molecular complexity index is 475. The summed E-state index contributed by atoms with van der Waals surface area (Å²) in [6, 6.07) is 0. The Morgan fingerprint density at radius 3 is 2.95 bits per heavy atom. The zero-order chi connectivity index (χ0) is 13.8. The molecule has 104 valence electrons. The van der Waals surface area contributed by atoms with E-state index in [2.05, 4.69) is 15.6 Å². The Morgan fingerprint density at radius 2 is 2.32 bits per heavy atom. The summed E-state index contributed by atoms with van der Waals surface area (Å²) in [5.41, 5.74) is 0.293. The topological polar surface area (TPSA) is 91.3 Å². The average molecular weight is 283 g/mol. The van der Waals surface area contributed by atoms with Gasteiger partial charge in [-0.3, -0.25) is 9.59 Å². The maximum Gasteiger partial charge on any atom is 0.270 e. The van der Waals surface area contributed by atoms with Gasteiger partial charge in [-0.1, -0.05) is 6.42 Å². The molecule has 1 heterocycles. The average Bonchev–Trinajstić information content (AvgIpc) is 2.95. The van der Waals surface area contributed by atoms with Crippen LogP contribution in [0.4, 0.5) is 5.13 Å². The summed E-state index contributed by atoms with van der Waals surface area (Å²) in [6.45, 7) is 1.86. The minimum absolute atomic E-state index is 0.136.